The van der Waals surface area contributed by atoms with Crippen molar-refractivity contribution >= 4 is 5.91 Å². The molecule has 6 heteroatoms. The van der Waals surface area contributed by atoms with Gasteiger partial charge in [-0.15, -0.1) is 0 Å². The van der Waals surface area contributed by atoms with Gasteiger partial charge in [-0.3, -0.25) is 4.79 Å². The zero-order chi connectivity index (χ0) is 42.4. The molecule has 0 radical (unpaired) electrons. The van der Waals surface area contributed by atoms with Gasteiger partial charge in [0.1, 0.15) is 12.2 Å². The Morgan fingerprint density at radius 1 is 0.414 bits per heavy atom. The third kappa shape index (κ3) is 40.5. The third-order valence-corrected chi connectivity index (χ3v) is 12.5. The van der Waals surface area contributed by atoms with Gasteiger partial charge in [-0.05, 0) is 38.5 Å². The number of hydrogen-bond donors (Lipinski definition) is 5. The zero-order valence-electron chi connectivity index (χ0n) is 39.1. The van der Waals surface area contributed by atoms with Crippen molar-refractivity contribution in [2.24, 2.45) is 0 Å². The summed E-state index contributed by atoms with van der Waals surface area (Å²) >= 11 is 0. The van der Waals surface area contributed by atoms with E-state index in [0.29, 0.717) is 12.8 Å². The first kappa shape index (κ1) is 57.1. The summed E-state index contributed by atoms with van der Waals surface area (Å²) in [5.74, 6) is -0.589. The number of aliphatic hydroxyl groups excluding tert-OH is 4. The SMILES string of the molecule is CCCCCCCCCCCCCCCCCCCCCCCCC/C=C/CCCC(O)C(O)C(CO)NC(=O)C(O)CCCCCCCCCCCCCCCC. The van der Waals surface area contributed by atoms with Crippen molar-refractivity contribution in [1.82, 2.24) is 5.32 Å². The maximum atomic E-state index is 12.5. The van der Waals surface area contributed by atoms with Crippen LogP contribution in [0.4, 0.5) is 0 Å². The van der Waals surface area contributed by atoms with E-state index in [1.165, 1.54) is 218 Å². The first-order valence-electron chi connectivity index (χ1n) is 26.1. The van der Waals surface area contributed by atoms with E-state index in [0.717, 1.165) is 38.5 Å². The fourth-order valence-electron chi connectivity index (χ4n) is 8.35. The molecule has 6 nitrogen and oxygen atoms in total. The number of amides is 1. The highest BCUT2D eigenvalue weighted by molar-refractivity contribution is 5.80. The fraction of sp³-hybridized carbons (Fsp3) is 0.942. The van der Waals surface area contributed by atoms with Crippen molar-refractivity contribution in [2.75, 3.05) is 6.61 Å². The van der Waals surface area contributed by atoms with Crippen molar-refractivity contribution in [2.45, 2.75) is 308 Å². The number of hydrogen-bond acceptors (Lipinski definition) is 5. The van der Waals surface area contributed by atoms with Crippen LogP contribution in [0.15, 0.2) is 12.2 Å². The zero-order valence-corrected chi connectivity index (χ0v) is 39.1. The predicted octanol–water partition coefficient (Wildman–Crippen LogP) is 14.5. The van der Waals surface area contributed by atoms with Crippen molar-refractivity contribution in [3.63, 3.8) is 0 Å². The molecular formula is C52H103NO5. The second kappa shape index (κ2) is 47.1. The summed E-state index contributed by atoms with van der Waals surface area (Å²) in [6.07, 6.45) is 54.2. The van der Waals surface area contributed by atoms with Gasteiger partial charge in [0, 0.05) is 0 Å². The molecule has 1 amide bonds. The molecule has 0 bridgehead atoms. The van der Waals surface area contributed by atoms with E-state index in [2.05, 4.69) is 31.3 Å². The van der Waals surface area contributed by atoms with Crippen molar-refractivity contribution in [3.8, 4) is 0 Å². The average molecular weight is 822 g/mol. The highest BCUT2D eigenvalue weighted by Gasteiger charge is 2.28. The molecule has 5 N–H and O–H groups in total. The van der Waals surface area contributed by atoms with E-state index in [1.54, 1.807) is 0 Å². The van der Waals surface area contributed by atoms with Crippen LogP contribution in [0, 0.1) is 0 Å². The molecular weight excluding hydrogens is 719 g/mol. The van der Waals surface area contributed by atoms with Crippen LogP contribution >= 0.6 is 0 Å². The second-order valence-electron chi connectivity index (χ2n) is 18.2. The van der Waals surface area contributed by atoms with Crippen LogP contribution in [0.1, 0.15) is 284 Å². The fourth-order valence-corrected chi connectivity index (χ4v) is 8.35. The molecule has 0 rings (SSSR count). The topological polar surface area (TPSA) is 110 Å². The normalized spacial score (nSPS) is 14.0. The maximum absolute atomic E-state index is 12.5. The molecule has 0 heterocycles. The van der Waals surface area contributed by atoms with Gasteiger partial charge in [0.05, 0.1) is 18.8 Å². The van der Waals surface area contributed by atoms with Gasteiger partial charge in [0.25, 0.3) is 0 Å². The molecule has 0 aliphatic heterocycles. The van der Waals surface area contributed by atoms with E-state index >= 15 is 0 Å². The Bertz CT molecular complexity index is 837. The Hall–Kier alpha value is -0.950. The lowest BCUT2D eigenvalue weighted by atomic mass is 10.00. The highest BCUT2D eigenvalue weighted by Crippen LogP contribution is 2.17. The molecule has 0 aromatic rings. The van der Waals surface area contributed by atoms with Gasteiger partial charge in [0.2, 0.25) is 5.91 Å². The van der Waals surface area contributed by atoms with E-state index < -0.39 is 36.9 Å². The number of aliphatic hydroxyl groups is 4. The Morgan fingerprint density at radius 2 is 0.707 bits per heavy atom. The number of unbranched alkanes of at least 4 members (excludes halogenated alkanes) is 37. The van der Waals surface area contributed by atoms with Gasteiger partial charge >= 0.3 is 0 Å². The first-order chi connectivity index (χ1) is 28.5. The average Bonchev–Trinajstić information content (AvgIpc) is 3.23. The lowest BCUT2D eigenvalue weighted by molar-refractivity contribution is -0.132. The van der Waals surface area contributed by atoms with Crippen LogP contribution in [-0.2, 0) is 4.79 Å². The van der Waals surface area contributed by atoms with Crippen molar-refractivity contribution in [3.05, 3.63) is 12.2 Å². The first-order valence-corrected chi connectivity index (χ1v) is 26.1. The lowest BCUT2D eigenvalue weighted by Gasteiger charge is -2.27. The molecule has 0 aliphatic carbocycles. The van der Waals surface area contributed by atoms with Gasteiger partial charge < -0.3 is 25.7 Å². The molecule has 58 heavy (non-hydrogen) atoms. The number of nitrogens with one attached hydrogen (secondary N) is 1. The summed E-state index contributed by atoms with van der Waals surface area (Å²) in [7, 11) is 0. The van der Waals surface area contributed by atoms with Crippen LogP contribution in [0.5, 0.6) is 0 Å². The molecule has 4 atom stereocenters. The number of carbonyl (C=O) groups is 1. The van der Waals surface area contributed by atoms with E-state index in [1.807, 2.05) is 0 Å². The molecule has 0 saturated heterocycles. The van der Waals surface area contributed by atoms with Crippen molar-refractivity contribution < 1.29 is 25.2 Å². The Balaban J connectivity index is 3.62. The monoisotopic (exact) mass is 822 g/mol. The third-order valence-electron chi connectivity index (χ3n) is 12.5. The largest absolute Gasteiger partial charge is 0.394 e. The second-order valence-corrected chi connectivity index (χ2v) is 18.2. The van der Waals surface area contributed by atoms with Gasteiger partial charge in [-0.25, -0.2) is 0 Å². The number of carbonyl (C=O) groups excluding carboxylic acids is 1. The van der Waals surface area contributed by atoms with Crippen LogP contribution in [0.2, 0.25) is 0 Å². The summed E-state index contributed by atoms with van der Waals surface area (Å²) in [4.78, 5) is 12.5. The molecule has 0 aromatic heterocycles. The van der Waals surface area contributed by atoms with E-state index in [9.17, 15) is 25.2 Å². The summed E-state index contributed by atoms with van der Waals surface area (Å²) < 4.78 is 0. The van der Waals surface area contributed by atoms with Gasteiger partial charge in [-0.2, -0.15) is 0 Å². The molecule has 0 fully saturated rings. The van der Waals surface area contributed by atoms with Crippen molar-refractivity contribution in [1.29, 1.82) is 0 Å². The lowest BCUT2D eigenvalue weighted by Crippen LogP contribution is -2.53. The minimum absolute atomic E-state index is 0.368. The Labute approximate surface area is 362 Å². The molecule has 4 unspecified atom stereocenters. The predicted molar refractivity (Wildman–Crippen MR) is 251 cm³/mol. The summed E-state index contributed by atoms with van der Waals surface area (Å²) in [5, 5.41) is 43.8. The van der Waals surface area contributed by atoms with E-state index in [4.69, 9.17) is 0 Å². The number of rotatable bonds is 48. The number of allylic oxidation sites excluding steroid dienone is 2. The minimum atomic E-state index is -1.28. The minimum Gasteiger partial charge on any atom is -0.394 e. The van der Waals surface area contributed by atoms with E-state index in [-0.39, 0.29) is 0 Å². The maximum Gasteiger partial charge on any atom is 0.249 e. The standard InChI is InChI=1S/C52H103NO5/c1-3-5-7-9-11-13-15-17-19-20-21-22-23-24-25-26-27-28-29-30-31-32-34-35-37-39-41-43-45-49(55)51(57)48(47-54)53-52(58)50(56)46-44-42-40-38-36-33-18-16-14-12-10-8-6-4-2/h37,39,48-51,54-57H,3-36,38,40-47H2,1-2H3,(H,53,58)/b39-37+. The highest BCUT2D eigenvalue weighted by atomic mass is 16.3. The smallest absolute Gasteiger partial charge is 0.249 e. The molecule has 346 valence electrons. The molecule has 0 saturated carbocycles. The molecule has 0 spiro atoms. The summed E-state index contributed by atoms with van der Waals surface area (Å²) in [6, 6.07) is -0.997. The Kier molecular flexibility index (Phi) is 46.3. The van der Waals surface area contributed by atoms with Gasteiger partial charge in [0.15, 0.2) is 0 Å². The quantitative estimate of drug-likeness (QED) is 0.0310. The molecule has 0 aromatic carbocycles. The summed E-state index contributed by atoms with van der Waals surface area (Å²) in [6.45, 7) is 4.06. The Morgan fingerprint density at radius 3 is 1.03 bits per heavy atom. The van der Waals surface area contributed by atoms with Crippen LogP contribution in [-0.4, -0.2) is 57.3 Å². The van der Waals surface area contributed by atoms with Crippen LogP contribution in [0.3, 0.4) is 0 Å². The summed E-state index contributed by atoms with van der Waals surface area (Å²) in [5.41, 5.74) is 0. The van der Waals surface area contributed by atoms with Gasteiger partial charge in [-0.1, -0.05) is 257 Å². The van der Waals surface area contributed by atoms with Crippen LogP contribution in [0.25, 0.3) is 0 Å². The molecule has 0 aliphatic rings. The van der Waals surface area contributed by atoms with Crippen LogP contribution < -0.4 is 5.32 Å².